The number of carbonyl (C=O) groups is 1. The van der Waals surface area contributed by atoms with Gasteiger partial charge in [-0.1, -0.05) is 18.2 Å². The normalized spacial score (nSPS) is 17.1. The van der Waals surface area contributed by atoms with Gasteiger partial charge in [0.2, 0.25) is 17.8 Å². The first-order chi connectivity index (χ1) is 12.6. The molecule has 1 aliphatic heterocycles. The first kappa shape index (κ1) is 18.4. The van der Waals surface area contributed by atoms with E-state index in [1.807, 2.05) is 35.2 Å². The van der Waals surface area contributed by atoms with Crippen LogP contribution in [0.1, 0.15) is 32.0 Å². The van der Waals surface area contributed by atoms with Crippen molar-refractivity contribution in [2.45, 2.75) is 38.0 Å². The van der Waals surface area contributed by atoms with E-state index in [9.17, 15) is 4.79 Å². The van der Waals surface area contributed by atoms with E-state index < -0.39 is 0 Å². The number of aromatic nitrogens is 3. The fraction of sp³-hybridized carbons (Fsp3) is 0.444. The molecule has 0 unspecified atom stereocenters. The van der Waals surface area contributed by atoms with Crippen LogP contribution in [0.25, 0.3) is 0 Å². The lowest BCUT2D eigenvalue weighted by atomic mass is 10.0. The first-order valence-corrected chi connectivity index (χ1v) is 9.97. The number of para-hydroxylation sites is 1. The minimum atomic E-state index is 0.171. The molecule has 0 spiro atoms. The van der Waals surface area contributed by atoms with E-state index in [-0.39, 0.29) is 11.9 Å². The molecular weight excluding hydrogens is 348 g/mol. The maximum Gasteiger partial charge on any atom is 0.232 e. The molecule has 0 radical (unpaired) electrons. The summed E-state index contributed by atoms with van der Waals surface area (Å²) >= 11 is 1.51. The van der Waals surface area contributed by atoms with Crippen LogP contribution in [0.3, 0.4) is 0 Å². The van der Waals surface area contributed by atoms with Crippen molar-refractivity contribution in [3.63, 3.8) is 0 Å². The lowest BCUT2D eigenvalue weighted by Gasteiger charge is -2.33. The Balaban J connectivity index is 1.55. The van der Waals surface area contributed by atoms with E-state index in [1.54, 1.807) is 0 Å². The second-order valence-corrected chi connectivity index (χ2v) is 7.33. The Morgan fingerprint density at radius 2 is 2.08 bits per heavy atom. The number of hydrogen-bond acceptors (Lipinski definition) is 7. The monoisotopic (exact) mass is 372 g/mol. The van der Waals surface area contributed by atoms with Gasteiger partial charge in [-0.05, 0) is 38.3 Å². The smallest absolute Gasteiger partial charge is 0.232 e. The molecule has 0 bridgehead atoms. The number of thioether (sulfide) groups is 1. The van der Waals surface area contributed by atoms with E-state index in [0.717, 1.165) is 25.1 Å². The van der Waals surface area contributed by atoms with E-state index in [0.29, 0.717) is 29.3 Å². The number of anilines is 3. The van der Waals surface area contributed by atoms with Gasteiger partial charge in [-0.15, -0.1) is 11.8 Å². The van der Waals surface area contributed by atoms with Gasteiger partial charge in [0.05, 0.1) is 11.5 Å². The molecular formula is C18H24N6OS. The zero-order chi connectivity index (χ0) is 18.4. The topological polar surface area (TPSA) is 97.0 Å². The van der Waals surface area contributed by atoms with Crippen molar-refractivity contribution in [1.82, 2.24) is 19.9 Å². The summed E-state index contributed by atoms with van der Waals surface area (Å²) in [7, 11) is 0. The molecule has 7 nitrogen and oxygen atoms in total. The fourth-order valence-corrected chi connectivity index (χ4v) is 3.74. The summed E-state index contributed by atoms with van der Waals surface area (Å²) in [5.41, 5.74) is 6.67. The van der Waals surface area contributed by atoms with Gasteiger partial charge in [0.1, 0.15) is 5.82 Å². The highest BCUT2D eigenvalue weighted by Crippen LogP contribution is 2.19. The molecule has 2 aromatic rings. The summed E-state index contributed by atoms with van der Waals surface area (Å²) in [6, 6.07) is 9.98. The summed E-state index contributed by atoms with van der Waals surface area (Å²) in [5.74, 6) is 2.29. The van der Waals surface area contributed by atoms with Crippen LogP contribution in [0, 0.1) is 0 Å². The molecule has 1 aromatic heterocycles. The molecule has 3 N–H and O–H groups in total. The Hall–Kier alpha value is -2.35. The fourth-order valence-electron chi connectivity index (χ4n) is 2.99. The van der Waals surface area contributed by atoms with Gasteiger partial charge in [0.25, 0.3) is 0 Å². The second-order valence-electron chi connectivity index (χ2n) is 6.35. The summed E-state index contributed by atoms with van der Waals surface area (Å²) in [4.78, 5) is 27.1. The summed E-state index contributed by atoms with van der Waals surface area (Å²) in [6.07, 6.45) is 3.40. The van der Waals surface area contributed by atoms with Crippen molar-refractivity contribution in [2.24, 2.45) is 0 Å². The number of hydrogen-bond donors (Lipinski definition) is 2. The van der Waals surface area contributed by atoms with Crippen LogP contribution in [0.5, 0.6) is 0 Å². The Kier molecular flexibility index (Phi) is 6.27. The molecule has 1 amide bonds. The third kappa shape index (κ3) is 5.08. The Bertz CT molecular complexity index is 742. The number of likely N-dealkylation sites (tertiary alicyclic amines) is 1. The molecule has 1 fully saturated rings. The average molecular weight is 372 g/mol. The maximum atomic E-state index is 12.4. The molecule has 0 aliphatic carbocycles. The number of nitrogen functional groups attached to an aromatic ring is 1. The zero-order valence-corrected chi connectivity index (χ0v) is 15.7. The highest BCUT2D eigenvalue weighted by molar-refractivity contribution is 7.99. The van der Waals surface area contributed by atoms with Crippen LogP contribution < -0.4 is 11.1 Å². The second kappa shape index (κ2) is 8.84. The molecule has 138 valence electrons. The average Bonchev–Trinajstić information content (AvgIpc) is 2.62. The Morgan fingerprint density at radius 1 is 1.27 bits per heavy atom. The molecule has 26 heavy (non-hydrogen) atoms. The molecule has 1 atom stereocenters. The quantitative estimate of drug-likeness (QED) is 0.804. The van der Waals surface area contributed by atoms with Crippen LogP contribution in [0.2, 0.25) is 0 Å². The van der Waals surface area contributed by atoms with E-state index in [2.05, 4.69) is 27.2 Å². The van der Waals surface area contributed by atoms with Crippen molar-refractivity contribution >= 4 is 35.3 Å². The van der Waals surface area contributed by atoms with Gasteiger partial charge in [0.15, 0.2) is 0 Å². The van der Waals surface area contributed by atoms with Crippen molar-refractivity contribution in [3.8, 4) is 0 Å². The summed E-state index contributed by atoms with van der Waals surface area (Å²) in [5, 5.41) is 3.12. The maximum absolute atomic E-state index is 12.4. The van der Waals surface area contributed by atoms with Gasteiger partial charge in [-0.3, -0.25) is 4.79 Å². The standard InChI is InChI=1S/C18H24N6OS/c1-13-7-5-6-10-24(13)16(25)12-26-11-15-21-17(19)23-18(22-15)20-14-8-3-2-4-9-14/h2-4,8-9,13H,5-7,10-12H2,1H3,(H3,19,20,21,22,23)/t13-/m1/s1. The van der Waals surface area contributed by atoms with Gasteiger partial charge in [-0.2, -0.15) is 15.0 Å². The number of rotatable bonds is 6. The van der Waals surface area contributed by atoms with E-state index in [4.69, 9.17) is 5.73 Å². The largest absolute Gasteiger partial charge is 0.368 e. The van der Waals surface area contributed by atoms with Crippen molar-refractivity contribution in [1.29, 1.82) is 0 Å². The summed E-state index contributed by atoms with van der Waals surface area (Å²) < 4.78 is 0. The minimum Gasteiger partial charge on any atom is -0.368 e. The van der Waals surface area contributed by atoms with Gasteiger partial charge in [-0.25, -0.2) is 0 Å². The number of nitrogens with zero attached hydrogens (tertiary/aromatic N) is 4. The minimum absolute atomic E-state index is 0.171. The third-order valence-electron chi connectivity index (χ3n) is 4.31. The van der Waals surface area contributed by atoms with Crippen LogP contribution >= 0.6 is 11.8 Å². The third-order valence-corrected chi connectivity index (χ3v) is 5.22. The van der Waals surface area contributed by atoms with E-state index in [1.165, 1.54) is 18.2 Å². The number of amides is 1. The molecule has 1 saturated heterocycles. The molecule has 3 rings (SSSR count). The van der Waals surface area contributed by atoms with Crippen LogP contribution in [-0.4, -0.2) is 44.1 Å². The highest BCUT2D eigenvalue weighted by atomic mass is 32.2. The zero-order valence-electron chi connectivity index (χ0n) is 14.9. The van der Waals surface area contributed by atoms with Crippen LogP contribution in [0.4, 0.5) is 17.6 Å². The number of benzene rings is 1. The summed E-state index contributed by atoms with van der Waals surface area (Å²) in [6.45, 7) is 2.99. The predicted octanol–water partition coefficient (Wildman–Crippen LogP) is 2.83. The number of carbonyl (C=O) groups excluding carboxylic acids is 1. The lowest BCUT2D eigenvalue weighted by Crippen LogP contribution is -2.42. The number of piperidine rings is 1. The van der Waals surface area contributed by atoms with Gasteiger partial charge >= 0.3 is 0 Å². The van der Waals surface area contributed by atoms with Gasteiger partial charge < -0.3 is 16.0 Å². The SMILES string of the molecule is C[C@@H]1CCCCN1C(=O)CSCc1nc(N)nc(Nc2ccccc2)n1. The molecule has 1 aliphatic rings. The number of nitrogens with two attached hydrogens (primary N) is 1. The van der Waals surface area contributed by atoms with Crippen LogP contribution in [-0.2, 0) is 10.5 Å². The van der Waals surface area contributed by atoms with Crippen molar-refractivity contribution < 1.29 is 4.79 Å². The van der Waals surface area contributed by atoms with Crippen LogP contribution in [0.15, 0.2) is 30.3 Å². The van der Waals surface area contributed by atoms with Gasteiger partial charge in [0, 0.05) is 18.3 Å². The molecule has 1 aromatic carbocycles. The molecule has 0 saturated carbocycles. The Labute approximate surface area is 157 Å². The predicted molar refractivity (Wildman–Crippen MR) is 105 cm³/mol. The molecule has 8 heteroatoms. The van der Waals surface area contributed by atoms with Crippen molar-refractivity contribution in [2.75, 3.05) is 23.3 Å². The lowest BCUT2D eigenvalue weighted by molar-refractivity contribution is -0.131. The molecule has 2 heterocycles. The first-order valence-electron chi connectivity index (χ1n) is 8.81. The van der Waals surface area contributed by atoms with E-state index >= 15 is 0 Å². The van der Waals surface area contributed by atoms with Crippen molar-refractivity contribution in [3.05, 3.63) is 36.2 Å². The number of nitrogens with one attached hydrogen (secondary N) is 1. The highest BCUT2D eigenvalue weighted by Gasteiger charge is 2.22. The Morgan fingerprint density at radius 3 is 2.85 bits per heavy atom.